The van der Waals surface area contributed by atoms with Gasteiger partial charge in [-0.2, -0.15) is 0 Å². The third-order valence-electron chi connectivity index (χ3n) is 13.9. The van der Waals surface area contributed by atoms with Gasteiger partial charge in [0, 0.05) is 27.0 Å². The molecule has 0 N–H and O–H groups in total. The molecule has 11 aromatic rings. The number of benzene rings is 9. The summed E-state index contributed by atoms with van der Waals surface area (Å²) in [4.78, 5) is 0. The van der Waals surface area contributed by atoms with Crippen LogP contribution in [-0.2, 0) is 10.8 Å². The monoisotopic (exact) mass is 765 g/mol. The molecule has 13 rings (SSSR count). The van der Waals surface area contributed by atoms with Crippen LogP contribution in [0.4, 0.5) is 0 Å². The Morgan fingerprint density at radius 2 is 1.05 bits per heavy atom. The highest BCUT2D eigenvalue weighted by molar-refractivity contribution is 6.19. The van der Waals surface area contributed by atoms with E-state index < -0.39 is 5.41 Å². The lowest BCUT2D eigenvalue weighted by Crippen LogP contribution is -2.28. The van der Waals surface area contributed by atoms with E-state index in [4.69, 9.17) is 4.42 Å². The number of fused-ring (bicyclic) bond motifs is 13. The number of furan rings is 1. The zero-order valence-corrected chi connectivity index (χ0v) is 33.4. The fraction of sp³-hybridized carbons (Fsp3) is 0.0690. The van der Waals surface area contributed by atoms with Crippen molar-refractivity contribution in [1.82, 2.24) is 4.57 Å². The number of nitrogens with zero attached hydrogens (tertiary/aromatic N) is 1. The molecule has 282 valence electrons. The first-order valence-corrected chi connectivity index (χ1v) is 21.0. The van der Waals surface area contributed by atoms with Crippen molar-refractivity contribution in [1.29, 1.82) is 0 Å². The molecule has 0 saturated heterocycles. The van der Waals surface area contributed by atoms with Crippen LogP contribution in [0.15, 0.2) is 205 Å². The average molecular weight is 766 g/mol. The molecule has 2 aliphatic rings. The molecule has 2 nitrogen and oxygen atoms in total. The third kappa shape index (κ3) is 4.27. The molecule has 0 saturated carbocycles. The van der Waals surface area contributed by atoms with Crippen molar-refractivity contribution in [2.45, 2.75) is 24.7 Å². The van der Waals surface area contributed by atoms with Crippen molar-refractivity contribution < 1.29 is 4.42 Å². The molecule has 0 unspecified atom stereocenters. The second-order valence-corrected chi connectivity index (χ2v) is 17.2. The number of para-hydroxylation sites is 2. The zero-order chi connectivity index (χ0) is 39.7. The van der Waals surface area contributed by atoms with Crippen molar-refractivity contribution in [3.05, 3.63) is 234 Å². The molecule has 2 aliphatic carbocycles. The Balaban J connectivity index is 1.01. The van der Waals surface area contributed by atoms with Gasteiger partial charge < -0.3 is 8.98 Å². The van der Waals surface area contributed by atoms with Crippen LogP contribution < -0.4 is 0 Å². The van der Waals surface area contributed by atoms with Crippen molar-refractivity contribution >= 4 is 43.7 Å². The van der Waals surface area contributed by atoms with Gasteiger partial charge in [0.05, 0.1) is 22.1 Å². The lowest BCUT2D eigenvalue weighted by Gasteiger charge is -2.34. The molecule has 2 heterocycles. The SMILES string of the molecule is CC1(C)c2ccccc2-c2c1ccc1c2c2ccccc2n1-c1cccc2c1oc1ccc(-c3ccc4c(c3)C(c3ccccc3)(c3ccccc3)c3ccccc3-4)cc12. The summed E-state index contributed by atoms with van der Waals surface area (Å²) in [6, 6.07) is 73.9. The van der Waals surface area contributed by atoms with Gasteiger partial charge in [0.1, 0.15) is 5.58 Å². The molecule has 60 heavy (non-hydrogen) atoms. The molecule has 2 aromatic heterocycles. The minimum absolute atomic E-state index is 0.0762. The molecule has 0 atom stereocenters. The van der Waals surface area contributed by atoms with E-state index in [1.807, 2.05) is 0 Å². The summed E-state index contributed by atoms with van der Waals surface area (Å²) in [6.07, 6.45) is 0. The van der Waals surface area contributed by atoms with Gasteiger partial charge in [0.15, 0.2) is 5.58 Å². The Hall–Kier alpha value is -7.42. The molecule has 0 fully saturated rings. The fourth-order valence-electron chi connectivity index (χ4n) is 11.3. The summed E-state index contributed by atoms with van der Waals surface area (Å²) in [7, 11) is 0. The summed E-state index contributed by atoms with van der Waals surface area (Å²) in [5, 5.41) is 4.78. The van der Waals surface area contributed by atoms with E-state index >= 15 is 0 Å². The Labute approximate surface area is 348 Å². The lowest BCUT2D eigenvalue weighted by molar-refractivity contribution is 0.660. The van der Waals surface area contributed by atoms with E-state index in [-0.39, 0.29) is 5.41 Å². The normalized spacial score (nSPS) is 14.4. The van der Waals surface area contributed by atoms with Gasteiger partial charge in [-0.1, -0.05) is 178 Å². The van der Waals surface area contributed by atoms with Crippen molar-refractivity contribution in [2.75, 3.05) is 0 Å². The van der Waals surface area contributed by atoms with E-state index in [1.54, 1.807) is 0 Å². The molecule has 0 radical (unpaired) electrons. The van der Waals surface area contributed by atoms with Crippen molar-refractivity contribution in [2.24, 2.45) is 0 Å². The van der Waals surface area contributed by atoms with Crippen molar-refractivity contribution in [3.63, 3.8) is 0 Å². The van der Waals surface area contributed by atoms with Crippen LogP contribution in [0.1, 0.15) is 47.2 Å². The van der Waals surface area contributed by atoms with Crippen molar-refractivity contribution in [3.8, 4) is 39.1 Å². The first kappa shape index (κ1) is 33.5. The first-order chi connectivity index (χ1) is 29.5. The van der Waals surface area contributed by atoms with Gasteiger partial charge in [-0.25, -0.2) is 0 Å². The molecule has 2 heteroatoms. The molecule has 9 aromatic carbocycles. The lowest BCUT2D eigenvalue weighted by atomic mass is 9.67. The Morgan fingerprint density at radius 3 is 1.85 bits per heavy atom. The largest absolute Gasteiger partial charge is 0.454 e. The van der Waals surface area contributed by atoms with Gasteiger partial charge in [-0.05, 0) is 103 Å². The summed E-state index contributed by atoms with van der Waals surface area (Å²) >= 11 is 0. The highest BCUT2D eigenvalue weighted by Gasteiger charge is 2.46. The standard InChI is InChI=1S/C58H39NO/c1-57(2)46-24-12-10-21-43(46)54-48(57)31-32-51-55(54)44-22-11-14-26-50(44)59(51)52-27-15-23-42-45-34-36(29-33-53(45)60-56(42)52)37-28-30-41-40-20-9-13-25-47(40)58(49(41)35-37,38-16-5-3-6-17-38)39-18-7-4-8-19-39/h3-35H,1-2H3. The van der Waals surface area contributed by atoms with Crippen LogP contribution in [0.25, 0.3) is 82.8 Å². The smallest absolute Gasteiger partial charge is 0.159 e. The van der Waals surface area contributed by atoms with E-state index in [0.29, 0.717) is 0 Å². The van der Waals surface area contributed by atoms with Gasteiger partial charge in [-0.3, -0.25) is 0 Å². The maximum Gasteiger partial charge on any atom is 0.159 e. The Kier molecular flexibility index (Phi) is 6.74. The molecule has 0 aliphatic heterocycles. The van der Waals surface area contributed by atoms with Crippen LogP contribution in [0.3, 0.4) is 0 Å². The van der Waals surface area contributed by atoms with Crippen LogP contribution in [-0.4, -0.2) is 4.57 Å². The average Bonchev–Trinajstić information content (AvgIpc) is 4.01. The van der Waals surface area contributed by atoms with Gasteiger partial charge in [0.2, 0.25) is 0 Å². The molecular formula is C58H39NO. The highest BCUT2D eigenvalue weighted by Crippen LogP contribution is 2.57. The first-order valence-electron chi connectivity index (χ1n) is 21.0. The molecule has 0 bridgehead atoms. The molecule has 0 spiro atoms. The van der Waals surface area contributed by atoms with Crippen LogP contribution in [0, 0.1) is 0 Å². The predicted octanol–water partition coefficient (Wildman–Crippen LogP) is 15.0. The minimum Gasteiger partial charge on any atom is -0.454 e. The topological polar surface area (TPSA) is 18.1 Å². The summed E-state index contributed by atoms with van der Waals surface area (Å²) < 4.78 is 9.35. The molecular weight excluding hydrogens is 727 g/mol. The summed E-state index contributed by atoms with van der Waals surface area (Å²) in [5.74, 6) is 0. The summed E-state index contributed by atoms with van der Waals surface area (Å²) in [5.41, 5.74) is 20.2. The summed E-state index contributed by atoms with van der Waals surface area (Å²) in [6.45, 7) is 4.72. The number of hydrogen-bond donors (Lipinski definition) is 0. The van der Waals surface area contributed by atoms with E-state index in [1.165, 1.54) is 83.0 Å². The second kappa shape index (κ2) is 12.1. The zero-order valence-electron chi connectivity index (χ0n) is 33.4. The number of aromatic nitrogens is 1. The number of hydrogen-bond acceptors (Lipinski definition) is 1. The van der Waals surface area contributed by atoms with Gasteiger partial charge >= 0.3 is 0 Å². The van der Waals surface area contributed by atoms with E-state index in [0.717, 1.165) is 33.2 Å². The van der Waals surface area contributed by atoms with E-state index in [2.05, 4.69) is 219 Å². The Bertz CT molecular complexity index is 3530. The highest BCUT2D eigenvalue weighted by atomic mass is 16.3. The van der Waals surface area contributed by atoms with E-state index in [9.17, 15) is 0 Å². The van der Waals surface area contributed by atoms with Crippen LogP contribution >= 0.6 is 0 Å². The van der Waals surface area contributed by atoms with Crippen LogP contribution in [0.2, 0.25) is 0 Å². The number of rotatable bonds is 4. The molecule has 0 amide bonds. The maximum atomic E-state index is 6.92. The predicted molar refractivity (Wildman–Crippen MR) is 248 cm³/mol. The van der Waals surface area contributed by atoms with Gasteiger partial charge in [-0.15, -0.1) is 0 Å². The quantitative estimate of drug-likeness (QED) is 0.174. The van der Waals surface area contributed by atoms with Crippen LogP contribution in [0.5, 0.6) is 0 Å². The third-order valence-corrected chi connectivity index (χ3v) is 13.9. The van der Waals surface area contributed by atoms with Gasteiger partial charge in [0.25, 0.3) is 0 Å². The second-order valence-electron chi connectivity index (χ2n) is 17.2. The fourth-order valence-corrected chi connectivity index (χ4v) is 11.3. The Morgan fingerprint density at radius 1 is 0.417 bits per heavy atom. The maximum absolute atomic E-state index is 6.92. The minimum atomic E-state index is -0.452.